The van der Waals surface area contributed by atoms with Crippen molar-refractivity contribution in [2.24, 2.45) is 0 Å². The van der Waals surface area contributed by atoms with E-state index in [1.807, 2.05) is 24.3 Å². The Morgan fingerprint density at radius 1 is 1.04 bits per heavy atom. The lowest BCUT2D eigenvalue weighted by molar-refractivity contribution is 0.414. The molecule has 128 valence electrons. The van der Waals surface area contributed by atoms with Gasteiger partial charge in [-0.2, -0.15) is 4.98 Å². The predicted molar refractivity (Wildman–Crippen MR) is 96.9 cm³/mol. The first kappa shape index (κ1) is 16.7. The molecule has 0 aliphatic heterocycles. The molecule has 0 amide bonds. The Morgan fingerprint density at radius 3 is 2.60 bits per heavy atom. The van der Waals surface area contributed by atoms with Crippen molar-refractivity contribution >= 4 is 17.5 Å². The summed E-state index contributed by atoms with van der Waals surface area (Å²) in [5.74, 6) is 1.53. The highest BCUT2D eigenvalue weighted by Crippen LogP contribution is 2.17. The minimum absolute atomic E-state index is 0.344. The molecule has 0 radical (unpaired) electrons. The molecule has 0 unspecified atom stereocenters. The van der Waals surface area contributed by atoms with Crippen molar-refractivity contribution in [3.05, 3.63) is 72.2 Å². The molecule has 1 aromatic heterocycles. The van der Waals surface area contributed by atoms with Crippen molar-refractivity contribution in [2.75, 3.05) is 24.3 Å². The van der Waals surface area contributed by atoms with Crippen molar-refractivity contribution in [2.45, 2.75) is 6.42 Å². The number of anilines is 3. The van der Waals surface area contributed by atoms with Gasteiger partial charge in [0, 0.05) is 12.7 Å². The van der Waals surface area contributed by atoms with E-state index in [9.17, 15) is 4.39 Å². The van der Waals surface area contributed by atoms with E-state index in [0.717, 1.165) is 18.7 Å². The van der Waals surface area contributed by atoms with Crippen LogP contribution in [0.5, 0.6) is 5.75 Å². The molecular weight excluding hydrogens is 319 g/mol. The molecule has 2 N–H and O–H groups in total. The zero-order valence-electron chi connectivity index (χ0n) is 13.9. The molecule has 3 rings (SSSR count). The van der Waals surface area contributed by atoms with Gasteiger partial charge < -0.3 is 15.4 Å². The summed E-state index contributed by atoms with van der Waals surface area (Å²) in [6.45, 7) is 0.725. The largest absolute Gasteiger partial charge is 0.497 e. The summed E-state index contributed by atoms with van der Waals surface area (Å²) in [6, 6.07) is 16.1. The number of nitrogens with zero attached hydrogens (tertiary/aromatic N) is 2. The number of hydrogen-bond acceptors (Lipinski definition) is 5. The summed E-state index contributed by atoms with van der Waals surface area (Å²) in [5.41, 5.74) is 1.55. The molecule has 0 fully saturated rings. The summed E-state index contributed by atoms with van der Waals surface area (Å²) in [7, 11) is 1.65. The smallest absolute Gasteiger partial charge is 0.229 e. The zero-order valence-corrected chi connectivity index (χ0v) is 13.9. The molecule has 0 saturated carbocycles. The van der Waals surface area contributed by atoms with Gasteiger partial charge in [-0.1, -0.05) is 24.3 Å². The van der Waals surface area contributed by atoms with Crippen molar-refractivity contribution in [1.29, 1.82) is 0 Å². The van der Waals surface area contributed by atoms with Crippen LogP contribution in [0.4, 0.5) is 21.8 Å². The van der Waals surface area contributed by atoms with Gasteiger partial charge in [0.05, 0.1) is 12.8 Å². The van der Waals surface area contributed by atoms with E-state index in [1.54, 1.807) is 37.6 Å². The van der Waals surface area contributed by atoms with E-state index in [1.165, 1.54) is 11.6 Å². The number of methoxy groups -OCH3 is 1. The first-order valence-electron chi connectivity index (χ1n) is 7.96. The normalized spacial score (nSPS) is 10.3. The molecule has 6 heteroatoms. The number of halogens is 1. The maximum Gasteiger partial charge on any atom is 0.229 e. The second-order valence-electron chi connectivity index (χ2n) is 5.40. The van der Waals surface area contributed by atoms with Crippen LogP contribution in [0.1, 0.15) is 5.56 Å². The molecule has 25 heavy (non-hydrogen) atoms. The van der Waals surface area contributed by atoms with Crippen LogP contribution in [-0.4, -0.2) is 23.6 Å². The Hall–Kier alpha value is -3.15. The topological polar surface area (TPSA) is 59.1 Å². The number of benzene rings is 2. The second-order valence-corrected chi connectivity index (χ2v) is 5.40. The Balaban J connectivity index is 1.57. The van der Waals surface area contributed by atoms with Crippen LogP contribution < -0.4 is 15.4 Å². The Morgan fingerprint density at radius 2 is 1.84 bits per heavy atom. The average Bonchev–Trinajstić information content (AvgIpc) is 2.65. The maximum atomic E-state index is 13.7. The Labute approximate surface area is 145 Å². The van der Waals surface area contributed by atoms with Crippen molar-refractivity contribution in [3.8, 4) is 5.75 Å². The summed E-state index contributed by atoms with van der Waals surface area (Å²) < 4.78 is 18.8. The standard InChI is InChI=1S/C19H19FN4O/c1-25-15-8-6-14(7-9-15)10-12-21-18-11-13-22-19(24-18)23-17-5-3-2-4-16(17)20/h2-9,11,13H,10,12H2,1H3,(H2,21,22,23,24). The molecule has 5 nitrogen and oxygen atoms in total. The van der Waals surface area contributed by atoms with Gasteiger partial charge in [0.1, 0.15) is 17.4 Å². The number of rotatable bonds is 7. The predicted octanol–water partition coefficient (Wildman–Crippen LogP) is 4.02. The first-order chi connectivity index (χ1) is 12.2. The molecular formula is C19H19FN4O. The molecule has 2 aromatic carbocycles. The van der Waals surface area contributed by atoms with E-state index >= 15 is 0 Å². The summed E-state index contributed by atoms with van der Waals surface area (Å²) in [5, 5.41) is 6.13. The zero-order chi connectivity index (χ0) is 17.5. The van der Waals surface area contributed by atoms with Crippen LogP contribution in [0, 0.1) is 5.82 Å². The number of ether oxygens (including phenoxy) is 1. The molecule has 0 saturated heterocycles. The van der Waals surface area contributed by atoms with Crippen LogP contribution in [0.2, 0.25) is 0 Å². The third kappa shape index (κ3) is 4.67. The van der Waals surface area contributed by atoms with Gasteiger partial charge in [-0.15, -0.1) is 0 Å². The van der Waals surface area contributed by atoms with Gasteiger partial charge in [0.25, 0.3) is 0 Å². The van der Waals surface area contributed by atoms with Crippen LogP contribution in [-0.2, 0) is 6.42 Å². The average molecular weight is 338 g/mol. The highest BCUT2D eigenvalue weighted by Gasteiger charge is 2.04. The van der Waals surface area contributed by atoms with E-state index in [-0.39, 0.29) is 5.82 Å². The summed E-state index contributed by atoms with van der Waals surface area (Å²) in [4.78, 5) is 8.47. The minimum Gasteiger partial charge on any atom is -0.497 e. The fourth-order valence-corrected chi connectivity index (χ4v) is 2.33. The lowest BCUT2D eigenvalue weighted by atomic mass is 10.1. The second kappa shape index (κ2) is 8.10. The van der Waals surface area contributed by atoms with Crippen LogP contribution in [0.25, 0.3) is 0 Å². The lowest BCUT2D eigenvalue weighted by Crippen LogP contribution is -2.08. The molecule has 0 aliphatic carbocycles. The monoisotopic (exact) mass is 338 g/mol. The number of hydrogen-bond donors (Lipinski definition) is 2. The lowest BCUT2D eigenvalue weighted by Gasteiger charge is -2.09. The van der Waals surface area contributed by atoms with Crippen molar-refractivity contribution in [1.82, 2.24) is 9.97 Å². The van der Waals surface area contributed by atoms with Crippen LogP contribution >= 0.6 is 0 Å². The van der Waals surface area contributed by atoms with Gasteiger partial charge >= 0.3 is 0 Å². The van der Waals surface area contributed by atoms with Gasteiger partial charge in [-0.05, 0) is 42.3 Å². The van der Waals surface area contributed by atoms with E-state index in [2.05, 4.69) is 20.6 Å². The molecule has 1 heterocycles. The molecule has 0 aliphatic rings. The highest BCUT2D eigenvalue weighted by molar-refractivity contribution is 5.55. The van der Waals surface area contributed by atoms with Gasteiger partial charge in [0.2, 0.25) is 5.95 Å². The van der Waals surface area contributed by atoms with Gasteiger partial charge in [0.15, 0.2) is 0 Å². The molecule has 0 atom stereocenters. The maximum absolute atomic E-state index is 13.7. The van der Waals surface area contributed by atoms with Crippen molar-refractivity contribution in [3.63, 3.8) is 0 Å². The molecule has 0 spiro atoms. The highest BCUT2D eigenvalue weighted by atomic mass is 19.1. The third-order valence-corrected chi connectivity index (χ3v) is 3.65. The quantitative estimate of drug-likeness (QED) is 0.681. The van der Waals surface area contributed by atoms with Gasteiger partial charge in [-0.3, -0.25) is 0 Å². The van der Waals surface area contributed by atoms with Crippen LogP contribution in [0.15, 0.2) is 60.8 Å². The minimum atomic E-state index is -0.344. The summed E-state index contributed by atoms with van der Waals surface area (Å²) in [6.07, 6.45) is 2.48. The summed E-state index contributed by atoms with van der Waals surface area (Å²) >= 11 is 0. The number of aromatic nitrogens is 2. The third-order valence-electron chi connectivity index (χ3n) is 3.65. The van der Waals surface area contributed by atoms with Crippen molar-refractivity contribution < 1.29 is 9.13 Å². The molecule has 0 bridgehead atoms. The molecule has 3 aromatic rings. The fraction of sp³-hybridized carbons (Fsp3) is 0.158. The van der Waals surface area contributed by atoms with E-state index in [4.69, 9.17) is 4.74 Å². The SMILES string of the molecule is COc1ccc(CCNc2ccnc(Nc3ccccc3F)n2)cc1. The first-order valence-corrected chi connectivity index (χ1v) is 7.96. The van der Waals surface area contributed by atoms with E-state index in [0.29, 0.717) is 17.5 Å². The van der Waals surface area contributed by atoms with E-state index < -0.39 is 0 Å². The van der Waals surface area contributed by atoms with Crippen LogP contribution in [0.3, 0.4) is 0 Å². The fourth-order valence-electron chi connectivity index (χ4n) is 2.33. The Kier molecular flexibility index (Phi) is 5.41. The Bertz CT molecular complexity index is 824. The number of nitrogens with one attached hydrogen (secondary N) is 2. The van der Waals surface area contributed by atoms with Gasteiger partial charge in [-0.25, -0.2) is 9.37 Å². The number of para-hydroxylation sites is 1.